The minimum Gasteiger partial charge on any atom is -0.508 e. The van der Waals surface area contributed by atoms with Crippen molar-refractivity contribution in [1.29, 1.82) is 0 Å². The molecule has 7 nitrogen and oxygen atoms in total. The molecule has 2 N–H and O–H groups in total. The Labute approximate surface area is 236 Å². The number of phenols is 1. The Balaban J connectivity index is 1.11. The maximum absolute atomic E-state index is 13.1. The van der Waals surface area contributed by atoms with Gasteiger partial charge in [-0.05, 0) is 79.7 Å². The molecule has 2 heterocycles. The fourth-order valence-corrected chi connectivity index (χ4v) is 5.37. The molecule has 3 aromatic carbocycles. The van der Waals surface area contributed by atoms with Crippen LogP contribution >= 0.6 is 0 Å². The predicted molar refractivity (Wildman–Crippen MR) is 157 cm³/mol. The highest BCUT2D eigenvalue weighted by atomic mass is 16.5. The first-order valence-corrected chi connectivity index (χ1v) is 13.9. The van der Waals surface area contributed by atoms with E-state index in [0.29, 0.717) is 12.5 Å². The number of rotatable bonds is 10. The van der Waals surface area contributed by atoms with Gasteiger partial charge in [-0.25, -0.2) is 0 Å². The lowest BCUT2D eigenvalue weighted by molar-refractivity contribution is 0.0951. The highest BCUT2D eigenvalue weighted by Crippen LogP contribution is 2.31. The number of ether oxygens (including phenoxy) is 2. The molecule has 40 heavy (non-hydrogen) atoms. The van der Waals surface area contributed by atoms with Crippen molar-refractivity contribution in [1.82, 2.24) is 15.1 Å². The van der Waals surface area contributed by atoms with E-state index in [4.69, 9.17) is 9.47 Å². The number of likely N-dealkylation sites (tertiary alicyclic amines) is 1. The van der Waals surface area contributed by atoms with E-state index >= 15 is 0 Å². The van der Waals surface area contributed by atoms with Gasteiger partial charge < -0.3 is 29.7 Å². The van der Waals surface area contributed by atoms with Gasteiger partial charge in [0.05, 0.1) is 7.11 Å². The summed E-state index contributed by atoms with van der Waals surface area (Å²) < 4.78 is 11.0. The summed E-state index contributed by atoms with van der Waals surface area (Å²) >= 11 is 0. The van der Waals surface area contributed by atoms with E-state index in [-0.39, 0.29) is 11.7 Å². The maximum atomic E-state index is 13.1. The minimum absolute atomic E-state index is 0.00523. The molecule has 0 radical (unpaired) electrons. The van der Waals surface area contributed by atoms with Gasteiger partial charge in [-0.1, -0.05) is 42.5 Å². The number of nitrogens with one attached hydrogen (secondary N) is 1. The van der Waals surface area contributed by atoms with Crippen LogP contribution in [-0.2, 0) is 11.2 Å². The molecule has 0 aromatic heterocycles. The molecular weight excluding hydrogens is 502 g/mol. The van der Waals surface area contributed by atoms with Crippen LogP contribution in [0.25, 0.3) is 5.76 Å². The molecule has 3 aromatic rings. The number of carbonyl (C=O) groups is 1. The molecule has 0 atom stereocenters. The number of piperidine rings is 1. The van der Waals surface area contributed by atoms with E-state index in [0.717, 1.165) is 79.2 Å². The highest BCUT2D eigenvalue weighted by molar-refractivity contribution is 5.95. The van der Waals surface area contributed by atoms with Crippen molar-refractivity contribution in [3.63, 3.8) is 0 Å². The third kappa shape index (κ3) is 7.04. The van der Waals surface area contributed by atoms with E-state index in [2.05, 4.69) is 27.2 Å². The minimum atomic E-state index is -0.00523. The number of aromatic hydroxyl groups is 1. The number of benzene rings is 3. The van der Waals surface area contributed by atoms with Crippen molar-refractivity contribution < 1.29 is 19.4 Å². The number of hydrogen-bond donors (Lipinski definition) is 2. The summed E-state index contributed by atoms with van der Waals surface area (Å²) in [4.78, 5) is 17.7. The van der Waals surface area contributed by atoms with Crippen molar-refractivity contribution in [2.45, 2.75) is 25.2 Å². The van der Waals surface area contributed by atoms with Crippen LogP contribution in [0, 0.1) is 0 Å². The number of phenolic OH excluding ortho intramolecular Hbond substituents is 1. The van der Waals surface area contributed by atoms with Crippen LogP contribution < -0.4 is 10.1 Å². The van der Waals surface area contributed by atoms with E-state index in [1.165, 1.54) is 0 Å². The number of carbonyl (C=O) groups excluding carboxylic acids is 1. The monoisotopic (exact) mass is 539 g/mol. The molecule has 1 fully saturated rings. The maximum Gasteiger partial charge on any atom is 0.251 e. The van der Waals surface area contributed by atoms with Crippen LogP contribution in [0.2, 0.25) is 0 Å². The molecule has 2 aliphatic heterocycles. The molecule has 1 saturated heterocycles. The summed E-state index contributed by atoms with van der Waals surface area (Å²) in [5.41, 5.74) is 3.92. The number of methoxy groups -OCH3 is 1. The SMILES string of the molecule is COc1cccc(CCNC(=O)c2ccccc2C2CCN(CCN3C=COC(c4cccc(O)c4)=C3)CC2)c1. The summed E-state index contributed by atoms with van der Waals surface area (Å²) in [6, 6.07) is 23.1. The average Bonchev–Trinajstić information content (AvgIpc) is 3.00. The van der Waals surface area contributed by atoms with Gasteiger partial charge in [0.1, 0.15) is 23.5 Å². The first-order chi connectivity index (χ1) is 19.6. The largest absolute Gasteiger partial charge is 0.508 e. The third-order valence-corrected chi connectivity index (χ3v) is 7.60. The van der Waals surface area contributed by atoms with Crippen molar-refractivity contribution >= 4 is 11.7 Å². The second kappa shape index (κ2) is 13.2. The Kier molecular flexibility index (Phi) is 9.04. The quantitative estimate of drug-likeness (QED) is 0.362. The van der Waals surface area contributed by atoms with Gasteiger partial charge >= 0.3 is 0 Å². The van der Waals surface area contributed by atoms with Gasteiger partial charge in [0.25, 0.3) is 5.91 Å². The summed E-state index contributed by atoms with van der Waals surface area (Å²) in [5.74, 6) is 2.14. The third-order valence-electron chi connectivity index (χ3n) is 7.60. The Morgan fingerprint density at radius 2 is 1.85 bits per heavy atom. The standard InChI is InChI=1S/C33H37N3O4/c1-39-29-9-4-6-25(22-29)12-15-34-33(38)31-11-3-2-10-30(31)26-13-16-35(17-14-26)18-19-36-20-21-40-32(24-36)27-7-5-8-28(37)23-27/h2-11,20-24,26,37H,12-19H2,1H3,(H,34,38). The Morgan fingerprint density at radius 3 is 2.67 bits per heavy atom. The Bertz CT molecular complexity index is 1360. The van der Waals surface area contributed by atoms with Gasteiger partial charge in [0.15, 0.2) is 0 Å². The molecule has 0 spiro atoms. The zero-order chi connectivity index (χ0) is 27.7. The fraction of sp³-hybridized carbons (Fsp3) is 0.303. The number of nitrogens with zero attached hydrogens (tertiary/aromatic N) is 2. The van der Waals surface area contributed by atoms with Crippen LogP contribution in [0.1, 0.15) is 45.8 Å². The molecule has 0 aliphatic carbocycles. The van der Waals surface area contributed by atoms with Gasteiger partial charge in [-0.2, -0.15) is 0 Å². The van der Waals surface area contributed by atoms with E-state index in [1.807, 2.05) is 60.9 Å². The molecule has 0 unspecified atom stereocenters. The molecule has 208 valence electrons. The molecule has 1 amide bonds. The molecule has 5 rings (SSSR count). The van der Waals surface area contributed by atoms with Crippen LogP contribution in [0.5, 0.6) is 11.5 Å². The molecule has 0 bridgehead atoms. The van der Waals surface area contributed by atoms with Crippen molar-refractivity contribution in [3.8, 4) is 11.5 Å². The first kappa shape index (κ1) is 27.3. The fourth-order valence-electron chi connectivity index (χ4n) is 5.37. The lowest BCUT2D eigenvalue weighted by Gasteiger charge is -2.34. The van der Waals surface area contributed by atoms with E-state index in [9.17, 15) is 9.90 Å². The van der Waals surface area contributed by atoms with Crippen LogP contribution in [0.15, 0.2) is 91.5 Å². The molecule has 0 saturated carbocycles. The van der Waals surface area contributed by atoms with E-state index in [1.54, 1.807) is 25.5 Å². The zero-order valence-electron chi connectivity index (χ0n) is 23.0. The number of amides is 1. The first-order valence-electron chi connectivity index (χ1n) is 13.9. The molecule has 7 heteroatoms. The van der Waals surface area contributed by atoms with Crippen LogP contribution in [0.3, 0.4) is 0 Å². The second-order valence-electron chi connectivity index (χ2n) is 10.2. The Hall–Kier alpha value is -4.23. The molecule has 2 aliphatic rings. The number of hydrogen-bond acceptors (Lipinski definition) is 6. The van der Waals surface area contributed by atoms with Gasteiger partial charge in [0.2, 0.25) is 0 Å². The summed E-state index contributed by atoms with van der Waals surface area (Å²) in [7, 11) is 1.66. The second-order valence-corrected chi connectivity index (χ2v) is 10.2. The van der Waals surface area contributed by atoms with Crippen LogP contribution in [0.4, 0.5) is 0 Å². The Morgan fingerprint density at radius 1 is 1.02 bits per heavy atom. The lowest BCUT2D eigenvalue weighted by atomic mass is 9.86. The van der Waals surface area contributed by atoms with E-state index < -0.39 is 0 Å². The topological polar surface area (TPSA) is 74.3 Å². The summed E-state index contributed by atoms with van der Waals surface area (Å²) in [6.45, 7) is 4.35. The highest BCUT2D eigenvalue weighted by Gasteiger charge is 2.24. The predicted octanol–water partition coefficient (Wildman–Crippen LogP) is 5.35. The van der Waals surface area contributed by atoms with Crippen molar-refractivity contribution in [3.05, 3.63) is 114 Å². The van der Waals surface area contributed by atoms with Crippen molar-refractivity contribution in [2.75, 3.05) is 39.8 Å². The smallest absolute Gasteiger partial charge is 0.251 e. The van der Waals surface area contributed by atoms with Gasteiger partial charge in [0, 0.05) is 43.2 Å². The van der Waals surface area contributed by atoms with Gasteiger partial charge in [-0.3, -0.25) is 4.79 Å². The zero-order valence-corrected chi connectivity index (χ0v) is 23.0. The lowest BCUT2D eigenvalue weighted by Crippen LogP contribution is -2.38. The normalized spacial score (nSPS) is 15.8. The molecular formula is C33H37N3O4. The summed E-state index contributed by atoms with van der Waals surface area (Å²) in [5, 5.41) is 12.9. The van der Waals surface area contributed by atoms with Gasteiger partial charge in [-0.15, -0.1) is 0 Å². The average molecular weight is 540 g/mol. The summed E-state index contributed by atoms with van der Waals surface area (Å²) in [6.07, 6.45) is 8.40. The van der Waals surface area contributed by atoms with Crippen LogP contribution in [-0.4, -0.2) is 60.6 Å². The van der Waals surface area contributed by atoms with Crippen molar-refractivity contribution in [2.24, 2.45) is 0 Å².